The summed E-state index contributed by atoms with van der Waals surface area (Å²) >= 11 is 1.77. The summed E-state index contributed by atoms with van der Waals surface area (Å²) in [7, 11) is 0. The Labute approximate surface area is 118 Å². The molecule has 0 fully saturated rings. The maximum atomic E-state index is 11.8. The maximum absolute atomic E-state index is 11.8. The van der Waals surface area contributed by atoms with E-state index < -0.39 is 6.04 Å². The van der Waals surface area contributed by atoms with Gasteiger partial charge >= 0.3 is 0 Å². The van der Waals surface area contributed by atoms with Crippen LogP contribution in [0.4, 0.5) is 0 Å². The largest absolute Gasteiger partial charge is 0.508 e. The fourth-order valence-corrected chi connectivity index (χ4v) is 2.41. The first-order valence-electron chi connectivity index (χ1n) is 6.33. The average Bonchev–Trinajstić information content (AvgIpc) is 2.39. The van der Waals surface area contributed by atoms with Gasteiger partial charge in [0, 0.05) is 6.54 Å². The zero-order chi connectivity index (χ0) is 14.3. The number of rotatable bonds is 7. The van der Waals surface area contributed by atoms with Gasteiger partial charge in [0.25, 0.3) is 0 Å². The molecule has 0 spiro atoms. The van der Waals surface area contributed by atoms with Gasteiger partial charge in [0.1, 0.15) is 5.75 Å². The molecule has 0 saturated heterocycles. The lowest BCUT2D eigenvalue weighted by Gasteiger charge is -2.15. The van der Waals surface area contributed by atoms with Crippen LogP contribution in [0.3, 0.4) is 0 Å². The number of nitrogens with one attached hydrogen (secondary N) is 1. The van der Waals surface area contributed by atoms with E-state index >= 15 is 0 Å². The van der Waals surface area contributed by atoms with Crippen LogP contribution in [0.15, 0.2) is 24.3 Å². The normalized spacial score (nSPS) is 13.8. The molecule has 0 heterocycles. The molecule has 0 bridgehead atoms. The van der Waals surface area contributed by atoms with Crippen molar-refractivity contribution in [2.75, 3.05) is 18.6 Å². The third kappa shape index (κ3) is 5.98. The van der Waals surface area contributed by atoms with E-state index in [0.717, 1.165) is 11.3 Å². The number of carbonyl (C=O) groups excluding carboxylic acids is 1. The van der Waals surface area contributed by atoms with E-state index in [9.17, 15) is 9.90 Å². The first kappa shape index (κ1) is 15.9. The van der Waals surface area contributed by atoms with Crippen molar-refractivity contribution in [2.24, 2.45) is 11.7 Å². The van der Waals surface area contributed by atoms with Gasteiger partial charge in [-0.2, -0.15) is 11.8 Å². The number of thioether (sulfide) groups is 1. The van der Waals surface area contributed by atoms with Crippen LogP contribution < -0.4 is 11.1 Å². The third-order valence-electron chi connectivity index (χ3n) is 2.80. The first-order chi connectivity index (χ1) is 9.02. The SMILES string of the molecule is CSCC(C)CNC(=O)C(N)Cc1ccc(O)cc1. The van der Waals surface area contributed by atoms with Crippen molar-refractivity contribution in [3.05, 3.63) is 29.8 Å². The fourth-order valence-electron chi connectivity index (χ4n) is 1.73. The highest BCUT2D eigenvalue weighted by Gasteiger charge is 2.14. The Morgan fingerprint density at radius 3 is 2.63 bits per heavy atom. The molecule has 2 unspecified atom stereocenters. The number of hydrogen-bond donors (Lipinski definition) is 3. The van der Waals surface area contributed by atoms with Gasteiger partial charge < -0.3 is 16.2 Å². The van der Waals surface area contributed by atoms with E-state index in [4.69, 9.17) is 5.73 Å². The van der Waals surface area contributed by atoms with Gasteiger partial charge in [-0.3, -0.25) is 4.79 Å². The molecular weight excluding hydrogens is 260 g/mol. The smallest absolute Gasteiger partial charge is 0.237 e. The summed E-state index contributed by atoms with van der Waals surface area (Å²) in [6.45, 7) is 2.76. The lowest BCUT2D eigenvalue weighted by atomic mass is 10.1. The minimum atomic E-state index is -0.550. The standard InChI is InChI=1S/C14H22N2O2S/c1-10(9-19-2)8-16-14(18)13(15)7-11-3-5-12(17)6-4-11/h3-6,10,13,17H,7-9,15H2,1-2H3,(H,16,18). The van der Waals surface area contributed by atoms with E-state index in [0.29, 0.717) is 18.9 Å². The quantitative estimate of drug-likeness (QED) is 0.706. The number of benzene rings is 1. The Morgan fingerprint density at radius 2 is 2.05 bits per heavy atom. The Bertz CT molecular complexity index is 395. The van der Waals surface area contributed by atoms with E-state index in [-0.39, 0.29) is 11.7 Å². The molecule has 2 atom stereocenters. The molecule has 106 valence electrons. The van der Waals surface area contributed by atoms with Crippen LogP contribution in [-0.4, -0.2) is 35.6 Å². The molecule has 1 aromatic carbocycles. The van der Waals surface area contributed by atoms with Crippen LogP contribution in [0.1, 0.15) is 12.5 Å². The highest BCUT2D eigenvalue weighted by Crippen LogP contribution is 2.11. The van der Waals surface area contributed by atoms with Crippen molar-refractivity contribution < 1.29 is 9.90 Å². The molecule has 19 heavy (non-hydrogen) atoms. The molecule has 1 aromatic rings. The van der Waals surface area contributed by atoms with Gasteiger partial charge in [0.2, 0.25) is 5.91 Å². The van der Waals surface area contributed by atoms with E-state index in [1.807, 2.05) is 0 Å². The molecule has 5 heteroatoms. The number of nitrogens with two attached hydrogens (primary N) is 1. The van der Waals surface area contributed by atoms with Crippen molar-refractivity contribution in [2.45, 2.75) is 19.4 Å². The van der Waals surface area contributed by atoms with Crippen molar-refractivity contribution in [1.29, 1.82) is 0 Å². The Morgan fingerprint density at radius 1 is 1.42 bits per heavy atom. The van der Waals surface area contributed by atoms with Crippen molar-refractivity contribution in [3.63, 3.8) is 0 Å². The van der Waals surface area contributed by atoms with Crippen LogP contribution >= 0.6 is 11.8 Å². The minimum Gasteiger partial charge on any atom is -0.508 e. The van der Waals surface area contributed by atoms with Crippen molar-refractivity contribution in [3.8, 4) is 5.75 Å². The van der Waals surface area contributed by atoms with Crippen LogP contribution in [0.5, 0.6) is 5.75 Å². The zero-order valence-corrected chi connectivity index (χ0v) is 12.2. The van der Waals surface area contributed by atoms with Crippen LogP contribution in [0.2, 0.25) is 0 Å². The van der Waals surface area contributed by atoms with Crippen LogP contribution in [0.25, 0.3) is 0 Å². The molecule has 1 rings (SSSR count). The van der Waals surface area contributed by atoms with Gasteiger partial charge in [0.05, 0.1) is 6.04 Å². The van der Waals surface area contributed by atoms with E-state index in [2.05, 4.69) is 18.5 Å². The maximum Gasteiger partial charge on any atom is 0.237 e. The summed E-state index contributed by atoms with van der Waals surface area (Å²) in [6, 6.07) is 6.20. The second-order valence-corrected chi connectivity index (χ2v) is 5.69. The van der Waals surface area contributed by atoms with Gasteiger partial charge in [-0.25, -0.2) is 0 Å². The molecule has 0 aliphatic heterocycles. The molecule has 0 aromatic heterocycles. The highest BCUT2D eigenvalue weighted by molar-refractivity contribution is 7.98. The summed E-state index contributed by atoms with van der Waals surface area (Å²) in [5, 5.41) is 12.1. The Hall–Kier alpha value is -1.20. The molecule has 0 radical (unpaired) electrons. The molecule has 0 aliphatic carbocycles. The fraction of sp³-hybridized carbons (Fsp3) is 0.500. The number of hydrogen-bond acceptors (Lipinski definition) is 4. The van der Waals surface area contributed by atoms with Crippen molar-refractivity contribution in [1.82, 2.24) is 5.32 Å². The van der Waals surface area contributed by atoms with Crippen molar-refractivity contribution >= 4 is 17.7 Å². The Kier molecular flexibility index (Phi) is 6.73. The monoisotopic (exact) mass is 282 g/mol. The lowest BCUT2D eigenvalue weighted by molar-refractivity contribution is -0.122. The predicted octanol–water partition coefficient (Wildman–Crippen LogP) is 1.38. The first-order valence-corrected chi connectivity index (χ1v) is 7.72. The molecule has 4 nitrogen and oxygen atoms in total. The molecule has 0 aliphatic rings. The molecule has 4 N–H and O–H groups in total. The van der Waals surface area contributed by atoms with Crippen LogP contribution in [0, 0.1) is 5.92 Å². The number of amides is 1. The van der Waals surface area contributed by atoms with E-state index in [1.165, 1.54) is 0 Å². The third-order valence-corrected chi connectivity index (χ3v) is 3.71. The number of aromatic hydroxyl groups is 1. The van der Waals surface area contributed by atoms with E-state index in [1.54, 1.807) is 36.0 Å². The molecular formula is C14H22N2O2S. The van der Waals surface area contributed by atoms with Gasteiger partial charge in [0.15, 0.2) is 0 Å². The highest BCUT2D eigenvalue weighted by atomic mass is 32.2. The van der Waals surface area contributed by atoms with Crippen LogP contribution in [-0.2, 0) is 11.2 Å². The summed E-state index contributed by atoms with van der Waals surface area (Å²) in [5.41, 5.74) is 6.81. The summed E-state index contributed by atoms with van der Waals surface area (Å²) in [5.74, 6) is 1.56. The summed E-state index contributed by atoms with van der Waals surface area (Å²) < 4.78 is 0. The van der Waals surface area contributed by atoms with Gasteiger partial charge in [-0.1, -0.05) is 19.1 Å². The number of phenols is 1. The summed E-state index contributed by atoms with van der Waals surface area (Å²) in [4.78, 5) is 11.8. The number of phenolic OH excluding ortho intramolecular Hbond substituents is 1. The predicted molar refractivity (Wildman–Crippen MR) is 80.3 cm³/mol. The second-order valence-electron chi connectivity index (χ2n) is 4.78. The van der Waals surface area contributed by atoms with Gasteiger partial charge in [-0.15, -0.1) is 0 Å². The molecule has 1 amide bonds. The number of carbonyl (C=O) groups is 1. The average molecular weight is 282 g/mol. The minimum absolute atomic E-state index is 0.124. The second kappa shape index (κ2) is 8.07. The Balaban J connectivity index is 2.38. The lowest BCUT2D eigenvalue weighted by Crippen LogP contribution is -2.43. The van der Waals surface area contributed by atoms with Gasteiger partial charge in [-0.05, 0) is 42.0 Å². The topological polar surface area (TPSA) is 75.4 Å². The zero-order valence-electron chi connectivity index (χ0n) is 11.4. The molecule has 0 saturated carbocycles. The summed E-state index contributed by atoms with van der Waals surface area (Å²) in [6.07, 6.45) is 2.53.